The van der Waals surface area contributed by atoms with Crippen LogP contribution < -0.4 is 11.1 Å². The van der Waals surface area contributed by atoms with E-state index in [1.54, 1.807) is 7.11 Å². The molecule has 13 heavy (non-hydrogen) atoms. The molecule has 1 atom stereocenters. The number of amides is 1. The number of carbonyl (C=O) groups excluding carboxylic acids is 1. The maximum atomic E-state index is 10.6. The van der Waals surface area contributed by atoms with Gasteiger partial charge in [0.25, 0.3) is 0 Å². The zero-order chi connectivity index (χ0) is 10.1. The minimum Gasteiger partial charge on any atom is -0.385 e. The molecule has 0 aliphatic heterocycles. The molecule has 0 saturated heterocycles. The summed E-state index contributed by atoms with van der Waals surface area (Å²) in [5, 5.41) is 3.17. The lowest BCUT2D eigenvalue weighted by Gasteiger charge is -2.08. The van der Waals surface area contributed by atoms with Gasteiger partial charge < -0.3 is 15.8 Å². The van der Waals surface area contributed by atoms with Crippen molar-refractivity contribution in [1.29, 1.82) is 0 Å². The van der Waals surface area contributed by atoms with E-state index >= 15 is 0 Å². The molecule has 0 rings (SSSR count). The topological polar surface area (TPSA) is 64.3 Å². The normalized spacial score (nSPS) is 12.8. The summed E-state index contributed by atoms with van der Waals surface area (Å²) < 4.78 is 4.91. The molecule has 0 radical (unpaired) electrons. The van der Waals surface area contributed by atoms with Crippen LogP contribution in [0.1, 0.15) is 19.8 Å². The van der Waals surface area contributed by atoms with Crippen molar-refractivity contribution in [2.75, 3.05) is 26.8 Å². The average Bonchev–Trinajstić information content (AvgIpc) is 2.10. The zero-order valence-corrected chi connectivity index (χ0v) is 8.51. The summed E-state index contributed by atoms with van der Waals surface area (Å²) in [6.45, 7) is 4.21. The number of primary amides is 1. The highest BCUT2D eigenvalue weighted by Gasteiger charge is 2.06. The maximum Gasteiger partial charge on any atom is 0.221 e. The van der Waals surface area contributed by atoms with Gasteiger partial charge in [0.05, 0.1) is 0 Å². The summed E-state index contributed by atoms with van der Waals surface area (Å²) in [7, 11) is 1.70. The van der Waals surface area contributed by atoms with Gasteiger partial charge in [-0.25, -0.2) is 0 Å². The SMILES string of the molecule is COCCCCNCC(C)C(N)=O. The second-order valence-electron chi connectivity index (χ2n) is 3.21. The zero-order valence-electron chi connectivity index (χ0n) is 8.51. The van der Waals surface area contributed by atoms with Crippen molar-refractivity contribution in [3.63, 3.8) is 0 Å². The Bertz CT molecular complexity index is 140. The first-order valence-electron chi connectivity index (χ1n) is 4.67. The van der Waals surface area contributed by atoms with E-state index in [0.717, 1.165) is 26.0 Å². The van der Waals surface area contributed by atoms with Crippen LogP contribution in [0.4, 0.5) is 0 Å². The molecule has 4 nitrogen and oxygen atoms in total. The molecule has 78 valence electrons. The van der Waals surface area contributed by atoms with Crippen molar-refractivity contribution < 1.29 is 9.53 Å². The summed E-state index contributed by atoms with van der Waals surface area (Å²) in [4.78, 5) is 10.6. The van der Waals surface area contributed by atoms with Gasteiger partial charge in [-0.15, -0.1) is 0 Å². The highest BCUT2D eigenvalue weighted by molar-refractivity contribution is 5.76. The van der Waals surface area contributed by atoms with Crippen LogP contribution in [0, 0.1) is 5.92 Å². The van der Waals surface area contributed by atoms with Crippen LogP contribution in [0.3, 0.4) is 0 Å². The Balaban J connectivity index is 3.11. The van der Waals surface area contributed by atoms with E-state index in [-0.39, 0.29) is 11.8 Å². The van der Waals surface area contributed by atoms with Gasteiger partial charge in [-0.05, 0) is 19.4 Å². The van der Waals surface area contributed by atoms with Gasteiger partial charge in [0.2, 0.25) is 5.91 Å². The molecule has 0 spiro atoms. The first-order valence-corrected chi connectivity index (χ1v) is 4.67. The lowest BCUT2D eigenvalue weighted by Crippen LogP contribution is -2.31. The molecular weight excluding hydrogens is 168 g/mol. The second kappa shape index (κ2) is 8.01. The van der Waals surface area contributed by atoms with E-state index in [0.29, 0.717) is 6.54 Å². The summed E-state index contributed by atoms with van der Waals surface area (Å²) in [6.07, 6.45) is 2.12. The molecular formula is C9H20N2O2. The van der Waals surface area contributed by atoms with Gasteiger partial charge in [0.1, 0.15) is 0 Å². The number of hydrogen-bond donors (Lipinski definition) is 2. The summed E-state index contributed by atoms with van der Waals surface area (Å²) in [5.74, 6) is -0.327. The van der Waals surface area contributed by atoms with Crippen LogP contribution in [-0.4, -0.2) is 32.7 Å². The van der Waals surface area contributed by atoms with E-state index in [4.69, 9.17) is 10.5 Å². The molecule has 0 aromatic rings. The maximum absolute atomic E-state index is 10.6. The first-order chi connectivity index (χ1) is 6.18. The van der Waals surface area contributed by atoms with Gasteiger partial charge >= 0.3 is 0 Å². The minimum atomic E-state index is -0.246. The quantitative estimate of drug-likeness (QED) is 0.532. The Labute approximate surface area is 79.8 Å². The lowest BCUT2D eigenvalue weighted by molar-refractivity contribution is -0.121. The van der Waals surface area contributed by atoms with E-state index < -0.39 is 0 Å². The molecule has 0 aromatic heterocycles. The molecule has 0 aliphatic rings. The fourth-order valence-electron chi connectivity index (χ4n) is 0.916. The van der Waals surface area contributed by atoms with Crippen LogP contribution in [0.5, 0.6) is 0 Å². The second-order valence-corrected chi connectivity index (χ2v) is 3.21. The van der Waals surface area contributed by atoms with Crippen molar-refractivity contribution in [3.05, 3.63) is 0 Å². The number of unbranched alkanes of at least 4 members (excludes halogenated alkanes) is 1. The molecule has 0 aromatic carbocycles. The van der Waals surface area contributed by atoms with Crippen LogP contribution >= 0.6 is 0 Å². The fourth-order valence-corrected chi connectivity index (χ4v) is 0.916. The lowest BCUT2D eigenvalue weighted by atomic mass is 10.2. The van der Waals surface area contributed by atoms with Gasteiger partial charge in [-0.3, -0.25) is 4.79 Å². The van der Waals surface area contributed by atoms with Crippen molar-refractivity contribution in [2.24, 2.45) is 11.7 Å². The average molecular weight is 188 g/mol. The fraction of sp³-hybridized carbons (Fsp3) is 0.889. The third-order valence-corrected chi connectivity index (χ3v) is 1.89. The van der Waals surface area contributed by atoms with Crippen molar-refractivity contribution in [2.45, 2.75) is 19.8 Å². The Morgan fingerprint density at radius 3 is 2.77 bits per heavy atom. The predicted octanol–water partition coefficient (Wildman–Crippen LogP) is 0.124. The Morgan fingerprint density at radius 2 is 2.23 bits per heavy atom. The Morgan fingerprint density at radius 1 is 1.54 bits per heavy atom. The smallest absolute Gasteiger partial charge is 0.221 e. The van der Waals surface area contributed by atoms with Gasteiger partial charge in [-0.2, -0.15) is 0 Å². The minimum absolute atomic E-state index is 0.0811. The number of methoxy groups -OCH3 is 1. The van der Waals surface area contributed by atoms with Crippen LogP contribution in [0.15, 0.2) is 0 Å². The number of ether oxygens (including phenoxy) is 1. The highest BCUT2D eigenvalue weighted by atomic mass is 16.5. The summed E-state index contributed by atoms with van der Waals surface area (Å²) in [6, 6.07) is 0. The number of nitrogens with two attached hydrogens (primary N) is 1. The highest BCUT2D eigenvalue weighted by Crippen LogP contribution is 1.91. The molecule has 0 saturated carbocycles. The third-order valence-electron chi connectivity index (χ3n) is 1.89. The molecule has 1 unspecified atom stereocenters. The standard InChI is InChI=1S/C9H20N2O2/c1-8(9(10)12)7-11-5-3-4-6-13-2/h8,11H,3-7H2,1-2H3,(H2,10,12). The number of hydrogen-bond acceptors (Lipinski definition) is 3. The first kappa shape index (κ1) is 12.4. The van der Waals surface area contributed by atoms with Crippen LogP contribution in [0.25, 0.3) is 0 Å². The summed E-state index contributed by atoms with van der Waals surface area (Å²) >= 11 is 0. The van der Waals surface area contributed by atoms with E-state index in [1.807, 2.05) is 6.92 Å². The van der Waals surface area contributed by atoms with Crippen LogP contribution in [-0.2, 0) is 9.53 Å². The Kier molecular flexibility index (Phi) is 7.63. The van der Waals surface area contributed by atoms with Gasteiger partial charge in [-0.1, -0.05) is 6.92 Å². The number of nitrogens with one attached hydrogen (secondary N) is 1. The molecule has 3 N–H and O–H groups in total. The number of carbonyl (C=O) groups is 1. The molecule has 0 heterocycles. The van der Waals surface area contributed by atoms with E-state index in [2.05, 4.69) is 5.32 Å². The van der Waals surface area contributed by atoms with Crippen molar-refractivity contribution in [1.82, 2.24) is 5.32 Å². The summed E-state index contributed by atoms with van der Waals surface area (Å²) in [5.41, 5.74) is 5.10. The number of rotatable bonds is 8. The molecule has 0 fully saturated rings. The van der Waals surface area contributed by atoms with Crippen LogP contribution in [0.2, 0.25) is 0 Å². The molecule has 0 bridgehead atoms. The predicted molar refractivity (Wildman–Crippen MR) is 52.3 cm³/mol. The van der Waals surface area contributed by atoms with E-state index in [9.17, 15) is 4.79 Å². The monoisotopic (exact) mass is 188 g/mol. The van der Waals surface area contributed by atoms with E-state index in [1.165, 1.54) is 0 Å². The Hall–Kier alpha value is -0.610. The van der Waals surface area contributed by atoms with Gasteiger partial charge in [0, 0.05) is 26.2 Å². The van der Waals surface area contributed by atoms with Crippen molar-refractivity contribution in [3.8, 4) is 0 Å². The third kappa shape index (κ3) is 7.74. The molecule has 0 aliphatic carbocycles. The largest absolute Gasteiger partial charge is 0.385 e. The van der Waals surface area contributed by atoms with Gasteiger partial charge in [0.15, 0.2) is 0 Å². The molecule has 4 heteroatoms. The van der Waals surface area contributed by atoms with Crippen molar-refractivity contribution >= 4 is 5.91 Å². The molecule has 1 amide bonds.